The highest BCUT2D eigenvalue weighted by Crippen LogP contribution is 2.22. The molecule has 0 aliphatic heterocycles. The van der Waals surface area contributed by atoms with Crippen molar-refractivity contribution >= 4 is 35.2 Å². The molecule has 126 valence electrons. The van der Waals surface area contributed by atoms with Gasteiger partial charge < -0.3 is 9.64 Å². The number of hydrogen-bond donors (Lipinski definition) is 0. The molecule has 0 saturated heterocycles. The van der Waals surface area contributed by atoms with Gasteiger partial charge in [0, 0.05) is 31.4 Å². The molecule has 0 aliphatic rings. The molecule has 0 spiro atoms. The lowest BCUT2D eigenvalue weighted by molar-refractivity contribution is 0.102. The second-order valence-electron chi connectivity index (χ2n) is 5.08. The monoisotopic (exact) mass is 365 g/mol. The zero-order chi connectivity index (χ0) is 17.7. The van der Waals surface area contributed by atoms with E-state index in [2.05, 4.69) is 9.97 Å². The number of halogens is 1. The van der Waals surface area contributed by atoms with Crippen LogP contribution in [0.15, 0.2) is 35.5 Å². The second kappa shape index (κ2) is 8.12. The van der Waals surface area contributed by atoms with Crippen molar-refractivity contribution in [2.45, 2.75) is 12.1 Å². The molecular weight excluding hydrogens is 350 g/mol. The van der Waals surface area contributed by atoms with Crippen LogP contribution >= 0.6 is 23.4 Å². The van der Waals surface area contributed by atoms with Crippen LogP contribution in [0.1, 0.15) is 16.1 Å². The fraction of sp³-hybridized carbons (Fsp3) is 0.250. The molecule has 1 amide bonds. The number of ketones is 1. The van der Waals surface area contributed by atoms with Gasteiger partial charge in [0.25, 0.3) is 0 Å². The summed E-state index contributed by atoms with van der Waals surface area (Å²) in [6.07, 6.45) is -0.531. The van der Waals surface area contributed by atoms with Gasteiger partial charge in [-0.3, -0.25) is 4.79 Å². The van der Waals surface area contributed by atoms with Gasteiger partial charge in [0.2, 0.25) is 5.88 Å². The van der Waals surface area contributed by atoms with Gasteiger partial charge in [-0.2, -0.15) is 4.98 Å². The number of benzene rings is 1. The van der Waals surface area contributed by atoms with E-state index in [1.807, 2.05) is 0 Å². The molecule has 0 N–H and O–H groups in total. The SMILES string of the molecule is Cc1cc(OC(=O)N(C)C)nc(SCC(=O)c2ccccc2Cl)n1. The molecule has 0 radical (unpaired) electrons. The van der Waals surface area contributed by atoms with Crippen LogP contribution in [0.25, 0.3) is 0 Å². The lowest BCUT2D eigenvalue weighted by Gasteiger charge is -2.11. The molecule has 2 rings (SSSR count). The zero-order valence-corrected chi connectivity index (χ0v) is 15.0. The first-order chi connectivity index (χ1) is 11.4. The van der Waals surface area contributed by atoms with E-state index < -0.39 is 6.09 Å². The maximum Gasteiger partial charge on any atom is 0.416 e. The number of rotatable bonds is 5. The van der Waals surface area contributed by atoms with Gasteiger partial charge in [-0.15, -0.1) is 0 Å². The summed E-state index contributed by atoms with van der Waals surface area (Å²) in [5.41, 5.74) is 1.10. The minimum absolute atomic E-state index is 0.123. The number of carbonyl (C=O) groups is 2. The maximum absolute atomic E-state index is 12.2. The number of nitrogens with zero attached hydrogens (tertiary/aromatic N) is 3. The Labute approximate surface area is 149 Å². The van der Waals surface area contributed by atoms with Gasteiger partial charge in [-0.1, -0.05) is 35.5 Å². The zero-order valence-electron chi connectivity index (χ0n) is 13.4. The molecule has 1 aromatic carbocycles. The quantitative estimate of drug-likeness (QED) is 0.459. The Kier molecular flexibility index (Phi) is 6.16. The Morgan fingerprint density at radius 1 is 1.25 bits per heavy atom. The fourth-order valence-electron chi connectivity index (χ4n) is 1.71. The summed E-state index contributed by atoms with van der Waals surface area (Å²) in [7, 11) is 3.16. The second-order valence-corrected chi connectivity index (χ2v) is 6.43. The highest BCUT2D eigenvalue weighted by Gasteiger charge is 2.14. The third-order valence-corrected chi connectivity index (χ3v) is 4.05. The van der Waals surface area contributed by atoms with Crippen LogP contribution in [-0.4, -0.2) is 46.6 Å². The predicted molar refractivity (Wildman–Crippen MR) is 93.0 cm³/mol. The first-order valence-electron chi connectivity index (χ1n) is 7.02. The van der Waals surface area contributed by atoms with Gasteiger partial charge >= 0.3 is 6.09 Å². The van der Waals surface area contributed by atoms with Crippen LogP contribution in [0, 0.1) is 6.92 Å². The van der Waals surface area contributed by atoms with Crippen molar-refractivity contribution in [3.05, 3.63) is 46.6 Å². The minimum atomic E-state index is -0.531. The van der Waals surface area contributed by atoms with Crippen molar-refractivity contribution in [1.29, 1.82) is 0 Å². The smallest absolute Gasteiger partial charge is 0.391 e. The van der Waals surface area contributed by atoms with Crippen LogP contribution < -0.4 is 4.74 Å². The molecule has 0 bridgehead atoms. The normalized spacial score (nSPS) is 10.3. The number of hydrogen-bond acceptors (Lipinski definition) is 6. The molecular formula is C16H16ClN3O3S. The van der Waals surface area contributed by atoms with Crippen LogP contribution in [0.3, 0.4) is 0 Å². The molecule has 0 unspecified atom stereocenters. The number of amides is 1. The summed E-state index contributed by atoms with van der Waals surface area (Å²) < 4.78 is 5.12. The summed E-state index contributed by atoms with van der Waals surface area (Å²) in [6.45, 7) is 1.76. The van der Waals surface area contributed by atoms with E-state index in [9.17, 15) is 9.59 Å². The van der Waals surface area contributed by atoms with E-state index in [-0.39, 0.29) is 17.4 Å². The number of thioether (sulfide) groups is 1. The maximum atomic E-state index is 12.2. The average molecular weight is 366 g/mol. The predicted octanol–water partition coefficient (Wildman–Crippen LogP) is 3.47. The summed E-state index contributed by atoms with van der Waals surface area (Å²) in [4.78, 5) is 33.5. The Morgan fingerprint density at radius 3 is 2.62 bits per heavy atom. The Hall–Kier alpha value is -2.12. The summed E-state index contributed by atoms with van der Waals surface area (Å²) in [5, 5.41) is 0.769. The van der Waals surface area contributed by atoms with E-state index >= 15 is 0 Å². The third kappa shape index (κ3) is 4.94. The van der Waals surface area contributed by atoms with Crippen molar-refractivity contribution in [3.8, 4) is 5.88 Å². The molecule has 6 nitrogen and oxygen atoms in total. The Bertz CT molecular complexity index is 768. The van der Waals surface area contributed by atoms with Crippen LogP contribution in [-0.2, 0) is 0 Å². The molecule has 8 heteroatoms. The number of aryl methyl sites for hydroxylation is 1. The van der Waals surface area contributed by atoms with Crippen molar-refractivity contribution in [2.75, 3.05) is 19.8 Å². The first-order valence-corrected chi connectivity index (χ1v) is 8.38. The first kappa shape index (κ1) is 18.2. The number of carbonyl (C=O) groups excluding carboxylic acids is 2. The van der Waals surface area contributed by atoms with E-state index in [4.69, 9.17) is 16.3 Å². The van der Waals surface area contributed by atoms with Crippen LogP contribution in [0.5, 0.6) is 5.88 Å². The lowest BCUT2D eigenvalue weighted by Crippen LogP contribution is -2.25. The lowest BCUT2D eigenvalue weighted by atomic mass is 10.1. The number of Topliss-reactive ketones (excluding diaryl/α,β-unsaturated/α-hetero) is 1. The largest absolute Gasteiger partial charge is 0.416 e. The molecule has 24 heavy (non-hydrogen) atoms. The van der Waals surface area contributed by atoms with Crippen LogP contribution in [0.2, 0.25) is 5.02 Å². The van der Waals surface area contributed by atoms with Crippen LogP contribution in [0.4, 0.5) is 4.79 Å². The van der Waals surface area contributed by atoms with Gasteiger partial charge in [0.1, 0.15) is 0 Å². The minimum Gasteiger partial charge on any atom is -0.391 e. The van der Waals surface area contributed by atoms with E-state index in [1.54, 1.807) is 51.4 Å². The molecule has 0 fully saturated rings. The van der Waals surface area contributed by atoms with E-state index in [1.165, 1.54) is 4.90 Å². The highest BCUT2D eigenvalue weighted by molar-refractivity contribution is 7.99. The van der Waals surface area contributed by atoms with Gasteiger partial charge in [-0.05, 0) is 19.1 Å². The molecule has 0 aliphatic carbocycles. The van der Waals surface area contributed by atoms with Crippen molar-refractivity contribution in [1.82, 2.24) is 14.9 Å². The van der Waals surface area contributed by atoms with Crippen molar-refractivity contribution < 1.29 is 14.3 Å². The van der Waals surface area contributed by atoms with Crippen molar-refractivity contribution in [3.63, 3.8) is 0 Å². The van der Waals surface area contributed by atoms with Gasteiger partial charge in [-0.25, -0.2) is 9.78 Å². The average Bonchev–Trinajstić information content (AvgIpc) is 2.52. The van der Waals surface area contributed by atoms with E-state index in [0.717, 1.165) is 11.8 Å². The summed E-state index contributed by atoms with van der Waals surface area (Å²) >= 11 is 7.18. The standard InChI is InChI=1S/C16H16ClN3O3S/c1-10-8-14(23-16(22)20(2)3)19-15(18-10)24-9-13(21)11-6-4-5-7-12(11)17/h4-8H,9H2,1-3H3. The Morgan fingerprint density at radius 2 is 1.96 bits per heavy atom. The summed E-state index contributed by atoms with van der Waals surface area (Å²) in [6, 6.07) is 8.42. The van der Waals surface area contributed by atoms with E-state index in [0.29, 0.717) is 21.4 Å². The van der Waals surface area contributed by atoms with Gasteiger partial charge in [0.15, 0.2) is 10.9 Å². The molecule has 1 aromatic heterocycles. The topological polar surface area (TPSA) is 72.4 Å². The highest BCUT2D eigenvalue weighted by atomic mass is 35.5. The molecule has 0 atom stereocenters. The Balaban J connectivity index is 2.07. The molecule has 2 aromatic rings. The fourth-order valence-corrected chi connectivity index (χ4v) is 2.73. The summed E-state index contributed by atoms with van der Waals surface area (Å²) in [5.74, 6) is 0.158. The van der Waals surface area contributed by atoms with Gasteiger partial charge in [0.05, 0.1) is 10.8 Å². The molecule has 0 saturated carbocycles. The number of ether oxygens (including phenoxy) is 1. The number of aromatic nitrogens is 2. The molecule has 1 heterocycles. The third-order valence-electron chi connectivity index (χ3n) is 2.87. The van der Waals surface area contributed by atoms with Crippen molar-refractivity contribution in [2.24, 2.45) is 0 Å².